The van der Waals surface area contributed by atoms with Gasteiger partial charge in [0.2, 0.25) is 5.91 Å². The lowest BCUT2D eigenvalue weighted by molar-refractivity contribution is -0.129. The topological polar surface area (TPSA) is 68.8 Å². The molecule has 4 rings (SSSR count). The highest BCUT2D eigenvalue weighted by atomic mass is 35.5. The molecule has 6 nitrogen and oxygen atoms in total. The molecule has 0 bridgehead atoms. The summed E-state index contributed by atoms with van der Waals surface area (Å²) >= 11 is 0. The third kappa shape index (κ3) is 4.18. The molecule has 1 aliphatic carbocycles. The Balaban J connectivity index is 0.00000210. The molecule has 5 atom stereocenters. The number of carbonyl (C=O) groups excluding carboxylic acids is 1. The smallest absolute Gasteiger partial charge is 0.240 e. The standard InChI is InChI=1S/C20H28N2O4.ClH/c1-4-24-18-8-13-7-11(2)26-17(13)10-15(18)14-9-16(14)22-20(23)19-12(3)25-6-5-21-19;/h8,10-12,14,16,19,21H,4-7,9H2,1-3H3,(H,22,23);1H/t11?,12-,14?,16?,19+;/m1./s1. The first-order valence-corrected chi connectivity index (χ1v) is 9.68. The molecule has 3 aliphatic rings. The normalized spacial score (nSPS) is 31.3. The largest absolute Gasteiger partial charge is 0.494 e. The van der Waals surface area contributed by atoms with Crippen LogP contribution in [0.25, 0.3) is 0 Å². The molecular weight excluding hydrogens is 368 g/mol. The third-order valence-electron chi connectivity index (χ3n) is 5.44. The van der Waals surface area contributed by atoms with Gasteiger partial charge in [0.05, 0.1) is 19.3 Å². The van der Waals surface area contributed by atoms with Crippen LogP contribution in [0, 0.1) is 0 Å². The molecule has 7 heteroatoms. The Morgan fingerprint density at radius 2 is 2.19 bits per heavy atom. The predicted molar refractivity (Wildman–Crippen MR) is 105 cm³/mol. The van der Waals surface area contributed by atoms with Crippen LogP contribution in [-0.2, 0) is 16.0 Å². The average Bonchev–Trinajstić information content (AvgIpc) is 3.26. The van der Waals surface area contributed by atoms with E-state index in [0.29, 0.717) is 19.8 Å². The van der Waals surface area contributed by atoms with E-state index in [0.717, 1.165) is 29.9 Å². The second-order valence-corrected chi connectivity index (χ2v) is 7.53. The molecule has 2 heterocycles. The van der Waals surface area contributed by atoms with Crippen molar-refractivity contribution in [3.8, 4) is 11.5 Å². The van der Waals surface area contributed by atoms with E-state index < -0.39 is 0 Å². The molecule has 1 amide bonds. The zero-order chi connectivity index (χ0) is 18.3. The number of rotatable bonds is 5. The van der Waals surface area contributed by atoms with E-state index >= 15 is 0 Å². The molecule has 150 valence electrons. The van der Waals surface area contributed by atoms with Crippen LogP contribution in [0.3, 0.4) is 0 Å². The molecule has 2 N–H and O–H groups in total. The van der Waals surface area contributed by atoms with Gasteiger partial charge < -0.3 is 24.8 Å². The maximum absolute atomic E-state index is 12.6. The molecule has 0 spiro atoms. The summed E-state index contributed by atoms with van der Waals surface area (Å²) in [6.45, 7) is 8.02. The van der Waals surface area contributed by atoms with E-state index in [1.165, 1.54) is 5.56 Å². The molecular formula is C20H29ClN2O4. The van der Waals surface area contributed by atoms with E-state index in [1.807, 2.05) is 13.8 Å². The van der Waals surface area contributed by atoms with Gasteiger partial charge in [-0.25, -0.2) is 0 Å². The fourth-order valence-electron chi connectivity index (χ4n) is 4.02. The summed E-state index contributed by atoms with van der Waals surface area (Å²) in [5, 5.41) is 6.42. The van der Waals surface area contributed by atoms with E-state index in [4.69, 9.17) is 14.2 Å². The molecule has 0 aromatic heterocycles. The summed E-state index contributed by atoms with van der Waals surface area (Å²) in [6.07, 6.45) is 1.96. The lowest BCUT2D eigenvalue weighted by Gasteiger charge is -2.29. The third-order valence-corrected chi connectivity index (χ3v) is 5.44. The Labute approximate surface area is 166 Å². The fourth-order valence-corrected chi connectivity index (χ4v) is 4.02. The summed E-state index contributed by atoms with van der Waals surface area (Å²) in [4.78, 5) is 12.6. The second-order valence-electron chi connectivity index (χ2n) is 7.53. The van der Waals surface area contributed by atoms with Gasteiger partial charge in [0, 0.05) is 36.1 Å². The van der Waals surface area contributed by atoms with Gasteiger partial charge in [-0.15, -0.1) is 12.4 Å². The van der Waals surface area contributed by atoms with Crippen molar-refractivity contribution in [1.82, 2.24) is 10.6 Å². The van der Waals surface area contributed by atoms with Crippen molar-refractivity contribution in [1.29, 1.82) is 0 Å². The number of carbonyl (C=O) groups is 1. The summed E-state index contributed by atoms with van der Waals surface area (Å²) < 4.78 is 17.4. The fraction of sp³-hybridized carbons (Fsp3) is 0.650. The van der Waals surface area contributed by atoms with Crippen molar-refractivity contribution in [3.63, 3.8) is 0 Å². The Hall–Kier alpha value is -1.50. The molecule has 1 aromatic carbocycles. The zero-order valence-electron chi connectivity index (χ0n) is 16.1. The highest BCUT2D eigenvalue weighted by Crippen LogP contribution is 2.48. The number of nitrogens with one attached hydrogen (secondary N) is 2. The number of morpholine rings is 1. The quantitative estimate of drug-likeness (QED) is 0.798. The Bertz CT molecular complexity index is 699. The minimum Gasteiger partial charge on any atom is -0.494 e. The highest BCUT2D eigenvalue weighted by Gasteiger charge is 2.43. The number of amides is 1. The van der Waals surface area contributed by atoms with Crippen molar-refractivity contribution in [3.05, 3.63) is 23.3 Å². The minimum absolute atomic E-state index is 0. The Morgan fingerprint density at radius 1 is 1.37 bits per heavy atom. The van der Waals surface area contributed by atoms with E-state index in [-0.39, 0.29) is 48.5 Å². The summed E-state index contributed by atoms with van der Waals surface area (Å²) in [5.74, 6) is 2.20. The van der Waals surface area contributed by atoms with Crippen molar-refractivity contribution < 1.29 is 19.0 Å². The minimum atomic E-state index is -0.277. The zero-order valence-corrected chi connectivity index (χ0v) is 16.9. The number of ether oxygens (including phenoxy) is 3. The van der Waals surface area contributed by atoms with Crippen LogP contribution >= 0.6 is 12.4 Å². The first-order valence-electron chi connectivity index (χ1n) is 9.68. The number of halogens is 1. The molecule has 1 saturated heterocycles. The van der Waals surface area contributed by atoms with E-state index in [1.54, 1.807) is 0 Å². The first kappa shape index (κ1) is 20.2. The average molecular weight is 397 g/mol. The van der Waals surface area contributed by atoms with Gasteiger partial charge in [0.1, 0.15) is 23.6 Å². The lowest BCUT2D eigenvalue weighted by atomic mass is 10.0. The number of benzene rings is 1. The monoisotopic (exact) mass is 396 g/mol. The lowest BCUT2D eigenvalue weighted by Crippen LogP contribution is -2.55. The number of hydrogen-bond acceptors (Lipinski definition) is 5. The van der Waals surface area contributed by atoms with Gasteiger partial charge in [-0.2, -0.15) is 0 Å². The molecule has 2 fully saturated rings. The van der Waals surface area contributed by atoms with Gasteiger partial charge in [0.15, 0.2) is 0 Å². The molecule has 1 saturated carbocycles. The summed E-state index contributed by atoms with van der Waals surface area (Å²) in [5.41, 5.74) is 2.36. The molecule has 27 heavy (non-hydrogen) atoms. The molecule has 1 aromatic rings. The summed E-state index contributed by atoms with van der Waals surface area (Å²) in [6, 6.07) is 4.11. The van der Waals surface area contributed by atoms with Gasteiger partial charge in [-0.1, -0.05) is 0 Å². The van der Waals surface area contributed by atoms with Gasteiger partial charge in [-0.05, 0) is 39.3 Å². The van der Waals surface area contributed by atoms with Crippen molar-refractivity contribution >= 4 is 18.3 Å². The first-order chi connectivity index (χ1) is 12.6. The second kappa shape index (κ2) is 8.25. The molecule has 3 unspecified atom stereocenters. The van der Waals surface area contributed by atoms with Crippen molar-refractivity contribution in [2.45, 2.75) is 63.8 Å². The van der Waals surface area contributed by atoms with Crippen LogP contribution < -0.4 is 20.1 Å². The van der Waals surface area contributed by atoms with Crippen LogP contribution in [0.1, 0.15) is 44.2 Å². The van der Waals surface area contributed by atoms with Gasteiger partial charge in [-0.3, -0.25) is 4.79 Å². The van der Waals surface area contributed by atoms with E-state index in [2.05, 4.69) is 29.7 Å². The SMILES string of the molecule is CCOc1cc2c(cc1C1CC1NC(=O)[C@H]1NCCO[C@@H]1C)OC(C)C2.Cl. The van der Waals surface area contributed by atoms with E-state index in [9.17, 15) is 4.79 Å². The predicted octanol–water partition coefficient (Wildman–Crippen LogP) is 2.18. The maximum atomic E-state index is 12.6. The van der Waals surface area contributed by atoms with Crippen LogP contribution in [0.2, 0.25) is 0 Å². The van der Waals surface area contributed by atoms with Crippen LogP contribution in [0.5, 0.6) is 11.5 Å². The molecule has 2 aliphatic heterocycles. The van der Waals surface area contributed by atoms with Crippen molar-refractivity contribution in [2.24, 2.45) is 0 Å². The van der Waals surface area contributed by atoms with Gasteiger partial charge >= 0.3 is 0 Å². The number of hydrogen-bond donors (Lipinski definition) is 2. The highest BCUT2D eigenvalue weighted by molar-refractivity contribution is 5.85. The van der Waals surface area contributed by atoms with Crippen LogP contribution in [-0.4, -0.2) is 50.0 Å². The van der Waals surface area contributed by atoms with Gasteiger partial charge in [0.25, 0.3) is 0 Å². The maximum Gasteiger partial charge on any atom is 0.240 e. The van der Waals surface area contributed by atoms with Crippen molar-refractivity contribution in [2.75, 3.05) is 19.8 Å². The summed E-state index contributed by atoms with van der Waals surface area (Å²) in [7, 11) is 0. The Morgan fingerprint density at radius 3 is 2.93 bits per heavy atom. The van der Waals surface area contributed by atoms with Crippen LogP contribution in [0.15, 0.2) is 12.1 Å². The Kier molecular flexibility index (Phi) is 6.18. The molecule has 0 radical (unpaired) electrons. The number of fused-ring (bicyclic) bond motifs is 1. The van der Waals surface area contributed by atoms with Crippen LogP contribution in [0.4, 0.5) is 0 Å².